The van der Waals surface area contributed by atoms with Crippen LogP contribution < -0.4 is 25.8 Å². The van der Waals surface area contributed by atoms with Gasteiger partial charge in [-0.2, -0.15) is 0 Å². The van der Waals surface area contributed by atoms with Crippen molar-refractivity contribution in [1.29, 1.82) is 0 Å². The zero-order valence-electron chi connectivity index (χ0n) is 16.7. The molecule has 1 aromatic carbocycles. The fourth-order valence-corrected chi connectivity index (χ4v) is 4.90. The predicted molar refractivity (Wildman–Crippen MR) is 122 cm³/mol. The van der Waals surface area contributed by atoms with Gasteiger partial charge in [0.05, 0.1) is 19.8 Å². The van der Waals surface area contributed by atoms with Crippen LogP contribution in [0, 0.1) is 0 Å². The number of ether oxygens (including phenoxy) is 2. The fraction of sp³-hybridized carbons (Fsp3) is 0.286. The van der Waals surface area contributed by atoms with Crippen LogP contribution in [0.15, 0.2) is 24.3 Å². The molecule has 0 atom stereocenters. The molecular weight excluding hydrogens is 422 g/mol. The number of rotatable bonds is 6. The van der Waals surface area contributed by atoms with Gasteiger partial charge in [0.1, 0.15) is 5.00 Å². The highest BCUT2D eigenvalue weighted by Crippen LogP contribution is 2.37. The second kappa shape index (κ2) is 9.73. The Morgan fingerprint density at radius 3 is 2.60 bits per heavy atom. The average molecular weight is 446 g/mol. The number of amides is 2. The SMILES string of the molecule is COc1ccc(C=CC(=O)NC(=S)Nc2sc3c(c2C(N)=O)CCCC3)cc1OC. The highest BCUT2D eigenvalue weighted by molar-refractivity contribution is 7.80. The minimum Gasteiger partial charge on any atom is -0.493 e. The molecule has 0 fully saturated rings. The first kappa shape index (κ1) is 21.8. The van der Waals surface area contributed by atoms with Crippen molar-refractivity contribution in [2.24, 2.45) is 5.73 Å². The van der Waals surface area contributed by atoms with Crippen molar-refractivity contribution in [2.45, 2.75) is 25.7 Å². The molecule has 0 saturated heterocycles. The lowest BCUT2D eigenvalue weighted by atomic mass is 9.95. The molecule has 4 N–H and O–H groups in total. The number of hydrogen-bond donors (Lipinski definition) is 3. The van der Waals surface area contributed by atoms with Gasteiger partial charge in [-0.1, -0.05) is 6.07 Å². The second-order valence-corrected chi connectivity index (χ2v) is 8.18. The van der Waals surface area contributed by atoms with E-state index in [0.717, 1.165) is 41.7 Å². The van der Waals surface area contributed by atoms with E-state index >= 15 is 0 Å². The summed E-state index contributed by atoms with van der Waals surface area (Å²) in [5.41, 5.74) is 7.83. The van der Waals surface area contributed by atoms with Crippen molar-refractivity contribution in [2.75, 3.05) is 19.5 Å². The molecule has 2 amide bonds. The van der Waals surface area contributed by atoms with Gasteiger partial charge in [0, 0.05) is 11.0 Å². The van der Waals surface area contributed by atoms with Gasteiger partial charge in [-0.15, -0.1) is 11.3 Å². The Hall–Kier alpha value is -2.91. The van der Waals surface area contributed by atoms with Gasteiger partial charge in [-0.05, 0) is 67.2 Å². The predicted octanol–water partition coefficient (Wildman–Crippen LogP) is 3.27. The number of methoxy groups -OCH3 is 2. The third-order valence-electron chi connectivity index (χ3n) is 4.72. The number of benzene rings is 1. The van der Waals surface area contributed by atoms with E-state index in [9.17, 15) is 9.59 Å². The number of anilines is 1. The van der Waals surface area contributed by atoms with Gasteiger partial charge in [-0.25, -0.2) is 0 Å². The van der Waals surface area contributed by atoms with E-state index in [4.69, 9.17) is 27.4 Å². The van der Waals surface area contributed by atoms with E-state index in [1.165, 1.54) is 17.4 Å². The molecule has 0 aliphatic heterocycles. The highest BCUT2D eigenvalue weighted by atomic mass is 32.1. The van der Waals surface area contributed by atoms with Crippen LogP contribution in [0.25, 0.3) is 6.08 Å². The number of thiocarbonyl (C=S) groups is 1. The molecule has 30 heavy (non-hydrogen) atoms. The number of fused-ring (bicyclic) bond motifs is 1. The Balaban J connectivity index is 1.65. The smallest absolute Gasteiger partial charge is 0.251 e. The van der Waals surface area contributed by atoms with Crippen molar-refractivity contribution in [3.63, 3.8) is 0 Å². The van der Waals surface area contributed by atoms with Gasteiger partial charge >= 0.3 is 0 Å². The average Bonchev–Trinajstić information content (AvgIpc) is 3.09. The first-order chi connectivity index (χ1) is 14.4. The second-order valence-electron chi connectivity index (χ2n) is 6.67. The third-order valence-corrected chi connectivity index (χ3v) is 6.13. The van der Waals surface area contributed by atoms with Crippen molar-refractivity contribution in [3.05, 3.63) is 45.8 Å². The Kier molecular flexibility index (Phi) is 7.07. The van der Waals surface area contributed by atoms with Crippen LogP contribution in [0.4, 0.5) is 5.00 Å². The lowest BCUT2D eigenvalue weighted by Gasteiger charge is -2.11. The van der Waals surface area contributed by atoms with Crippen LogP contribution in [-0.2, 0) is 17.6 Å². The molecule has 9 heteroatoms. The summed E-state index contributed by atoms with van der Waals surface area (Å²) >= 11 is 6.71. The van der Waals surface area contributed by atoms with Crippen molar-refractivity contribution >= 4 is 51.6 Å². The summed E-state index contributed by atoms with van der Waals surface area (Å²) in [4.78, 5) is 25.3. The summed E-state index contributed by atoms with van der Waals surface area (Å²) in [5, 5.41) is 6.24. The quantitative estimate of drug-likeness (QED) is 0.466. The molecule has 7 nitrogen and oxygen atoms in total. The lowest BCUT2D eigenvalue weighted by molar-refractivity contribution is -0.115. The minimum atomic E-state index is -0.487. The number of hydrogen-bond acceptors (Lipinski definition) is 6. The summed E-state index contributed by atoms with van der Waals surface area (Å²) < 4.78 is 10.4. The number of aryl methyl sites for hydroxylation is 1. The van der Waals surface area contributed by atoms with E-state index < -0.39 is 11.8 Å². The summed E-state index contributed by atoms with van der Waals surface area (Å²) in [5.74, 6) is 0.287. The van der Waals surface area contributed by atoms with Crippen molar-refractivity contribution < 1.29 is 19.1 Å². The van der Waals surface area contributed by atoms with Gasteiger partial charge in [0.25, 0.3) is 5.91 Å². The molecular formula is C21H23N3O4S2. The summed E-state index contributed by atoms with van der Waals surface area (Å²) in [6.07, 6.45) is 6.88. The van der Waals surface area contributed by atoms with E-state index in [1.54, 1.807) is 38.5 Å². The molecule has 1 aliphatic carbocycles. The number of primary amides is 1. The zero-order chi connectivity index (χ0) is 21.7. The van der Waals surface area contributed by atoms with Crippen LogP contribution >= 0.6 is 23.6 Å². The Morgan fingerprint density at radius 2 is 1.90 bits per heavy atom. The molecule has 0 bridgehead atoms. The lowest BCUT2D eigenvalue weighted by Crippen LogP contribution is -2.33. The standard InChI is InChI=1S/C21H23N3O4S2/c1-27-14-9-7-12(11-15(14)28-2)8-10-17(25)23-21(29)24-20-18(19(22)26)13-5-3-4-6-16(13)30-20/h7-11H,3-6H2,1-2H3,(H2,22,26)(H2,23,24,25,29). The van der Waals surface area contributed by atoms with Gasteiger partial charge in [0.15, 0.2) is 16.6 Å². The normalized spacial score (nSPS) is 12.9. The zero-order valence-corrected chi connectivity index (χ0v) is 18.4. The van der Waals surface area contributed by atoms with E-state index in [-0.39, 0.29) is 5.11 Å². The van der Waals surface area contributed by atoms with Crippen molar-refractivity contribution in [3.8, 4) is 11.5 Å². The van der Waals surface area contributed by atoms with E-state index in [2.05, 4.69) is 10.6 Å². The van der Waals surface area contributed by atoms with Gasteiger partial charge < -0.3 is 20.5 Å². The fourth-order valence-electron chi connectivity index (χ4n) is 3.33. The molecule has 0 spiro atoms. The third kappa shape index (κ3) is 4.98. The van der Waals surface area contributed by atoms with Gasteiger partial charge in [-0.3, -0.25) is 14.9 Å². The largest absolute Gasteiger partial charge is 0.493 e. The molecule has 1 aromatic heterocycles. The Morgan fingerprint density at radius 1 is 1.17 bits per heavy atom. The first-order valence-electron chi connectivity index (χ1n) is 9.39. The summed E-state index contributed by atoms with van der Waals surface area (Å²) in [6, 6.07) is 5.32. The first-order valence-corrected chi connectivity index (χ1v) is 10.6. The molecule has 0 saturated carbocycles. The van der Waals surface area contributed by atoms with Crippen LogP contribution in [0.3, 0.4) is 0 Å². The van der Waals surface area contributed by atoms with Crippen LogP contribution in [0.5, 0.6) is 11.5 Å². The van der Waals surface area contributed by atoms with E-state index in [0.29, 0.717) is 22.1 Å². The number of nitrogens with two attached hydrogens (primary N) is 1. The number of carbonyl (C=O) groups is 2. The maximum atomic E-state index is 12.2. The van der Waals surface area contributed by atoms with Crippen molar-refractivity contribution in [1.82, 2.24) is 5.32 Å². The Labute approximate surface area is 184 Å². The van der Waals surface area contributed by atoms with E-state index in [1.807, 2.05) is 0 Å². The molecule has 2 aromatic rings. The van der Waals surface area contributed by atoms with Crippen LogP contribution in [0.2, 0.25) is 0 Å². The maximum Gasteiger partial charge on any atom is 0.251 e. The number of carbonyl (C=O) groups excluding carboxylic acids is 2. The molecule has 0 unspecified atom stereocenters. The monoisotopic (exact) mass is 445 g/mol. The van der Waals surface area contributed by atoms with Crippen LogP contribution in [0.1, 0.15) is 39.2 Å². The molecule has 158 valence electrons. The van der Waals surface area contributed by atoms with Crippen LogP contribution in [-0.4, -0.2) is 31.1 Å². The molecule has 3 rings (SSSR count). The topological polar surface area (TPSA) is 103 Å². The number of thiophene rings is 1. The Bertz CT molecular complexity index is 1010. The van der Waals surface area contributed by atoms with Gasteiger partial charge in [0.2, 0.25) is 5.91 Å². The highest BCUT2D eigenvalue weighted by Gasteiger charge is 2.24. The molecule has 1 heterocycles. The summed E-state index contributed by atoms with van der Waals surface area (Å²) in [7, 11) is 3.10. The molecule has 1 aliphatic rings. The minimum absolute atomic E-state index is 0.109. The summed E-state index contributed by atoms with van der Waals surface area (Å²) in [6.45, 7) is 0. The number of nitrogens with one attached hydrogen (secondary N) is 2. The molecule has 0 radical (unpaired) electrons. The maximum absolute atomic E-state index is 12.2.